The Morgan fingerprint density at radius 3 is 2.38 bits per heavy atom. The number of benzene rings is 3. The summed E-state index contributed by atoms with van der Waals surface area (Å²) < 4.78 is 34.3. The lowest BCUT2D eigenvalue weighted by atomic mass is 10.1. The van der Waals surface area contributed by atoms with Crippen LogP contribution in [0.5, 0.6) is 5.75 Å². The highest BCUT2D eigenvalue weighted by Crippen LogP contribution is 2.33. The number of nitrogens with one attached hydrogen (secondary N) is 1. The lowest BCUT2D eigenvalue weighted by molar-refractivity contribution is 0.415. The minimum absolute atomic E-state index is 0.254. The quantitative estimate of drug-likeness (QED) is 0.466. The van der Waals surface area contributed by atoms with Crippen LogP contribution in [-0.2, 0) is 10.0 Å². The van der Waals surface area contributed by atoms with Crippen molar-refractivity contribution in [3.63, 3.8) is 0 Å². The molecule has 0 aliphatic carbocycles. The number of hydrogen-bond donors (Lipinski definition) is 1. The second kappa shape index (κ2) is 7.50. The minimum atomic E-state index is -3.64. The molecule has 0 fully saturated rings. The van der Waals surface area contributed by atoms with E-state index < -0.39 is 10.0 Å². The maximum Gasteiger partial charge on any atom is 0.261 e. The number of fused-ring (bicyclic) bond motifs is 1. The molecule has 0 atom stereocenters. The molecule has 1 aromatic heterocycles. The Hall–Kier alpha value is -2.90. The first-order chi connectivity index (χ1) is 13.9. The van der Waals surface area contributed by atoms with E-state index >= 15 is 0 Å². The number of anilines is 1. The van der Waals surface area contributed by atoms with Crippen molar-refractivity contribution in [1.29, 1.82) is 0 Å². The van der Waals surface area contributed by atoms with Crippen LogP contribution < -0.4 is 9.46 Å². The average molecular weight is 425 g/mol. The molecule has 0 unspecified atom stereocenters. The summed E-state index contributed by atoms with van der Waals surface area (Å²) in [4.78, 5) is 4.91. The second-order valence-electron chi connectivity index (χ2n) is 6.78. The molecule has 5 nitrogen and oxygen atoms in total. The van der Waals surface area contributed by atoms with Crippen molar-refractivity contribution in [3.05, 3.63) is 71.8 Å². The molecule has 3 aromatic carbocycles. The van der Waals surface area contributed by atoms with E-state index in [1.807, 2.05) is 50.2 Å². The molecule has 0 radical (unpaired) electrons. The second-order valence-corrected chi connectivity index (χ2v) is 9.49. The molecule has 148 valence electrons. The fourth-order valence-electron chi connectivity index (χ4n) is 2.93. The normalized spacial score (nSPS) is 11.6. The number of thiazole rings is 1. The molecule has 0 aliphatic heterocycles. The number of nitrogens with zero attached hydrogens (tertiary/aromatic N) is 1. The number of methoxy groups -OCH3 is 1. The maximum absolute atomic E-state index is 12.7. The van der Waals surface area contributed by atoms with Gasteiger partial charge in [0, 0.05) is 11.3 Å². The number of sulfonamides is 1. The van der Waals surface area contributed by atoms with Gasteiger partial charge < -0.3 is 4.74 Å². The van der Waals surface area contributed by atoms with Gasteiger partial charge in [0.2, 0.25) is 0 Å². The summed E-state index contributed by atoms with van der Waals surface area (Å²) in [5.74, 6) is 0.795. The standard InChI is InChI=1S/C22H20N2O3S2/c1-14-4-10-19(12-15(14)2)29(25,26)24-17-7-5-16(6-8-17)22-23-20-11-9-18(27-3)13-21(20)28-22/h4-13,24H,1-3H3. The molecular weight excluding hydrogens is 404 g/mol. The highest BCUT2D eigenvalue weighted by Gasteiger charge is 2.15. The van der Waals surface area contributed by atoms with E-state index in [0.29, 0.717) is 5.69 Å². The van der Waals surface area contributed by atoms with Gasteiger partial charge in [0.25, 0.3) is 10.0 Å². The van der Waals surface area contributed by atoms with Crippen LogP contribution >= 0.6 is 11.3 Å². The zero-order valence-corrected chi connectivity index (χ0v) is 17.9. The number of hydrogen-bond acceptors (Lipinski definition) is 5. The molecule has 29 heavy (non-hydrogen) atoms. The van der Waals surface area contributed by atoms with Gasteiger partial charge in [-0.15, -0.1) is 11.3 Å². The van der Waals surface area contributed by atoms with E-state index in [1.54, 1.807) is 42.7 Å². The van der Waals surface area contributed by atoms with E-state index in [2.05, 4.69) is 9.71 Å². The van der Waals surface area contributed by atoms with E-state index in [1.165, 1.54) is 0 Å². The molecule has 7 heteroatoms. The maximum atomic E-state index is 12.7. The molecule has 1 N–H and O–H groups in total. The number of aromatic nitrogens is 1. The fourth-order valence-corrected chi connectivity index (χ4v) is 5.07. The largest absolute Gasteiger partial charge is 0.497 e. The molecule has 0 spiro atoms. The Bertz CT molecular complexity index is 1290. The van der Waals surface area contributed by atoms with E-state index in [9.17, 15) is 8.42 Å². The van der Waals surface area contributed by atoms with Crippen molar-refractivity contribution in [3.8, 4) is 16.3 Å². The average Bonchev–Trinajstić information content (AvgIpc) is 3.13. The SMILES string of the molecule is COc1ccc2nc(-c3ccc(NS(=O)(=O)c4ccc(C)c(C)c4)cc3)sc2c1. The summed E-state index contributed by atoms with van der Waals surface area (Å²) in [6, 6.07) is 18.1. The molecule has 0 amide bonds. The van der Waals surface area contributed by atoms with Crippen molar-refractivity contribution < 1.29 is 13.2 Å². The first-order valence-corrected chi connectivity index (χ1v) is 11.3. The molecule has 0 bridgehead atoms. The van der Waals surface area contributed by atoms with Crippen LogP contribution in [0.3, 0.4) is 0 Å². The third-order valence-corrected chi connectivity index (χ3v) is 7.21. The van der Waals surface area contributed by atoms with Gasteiger partial charge in [-0.05, 0) is 79.6 Å². The summed E-state index contributed by atoms with van der Waals surface area (Å²) in [7, 11) is -2.00. The van der Waals surface area contributed by atoms with E-state index in [0.717, 1.165) is 37.7 Å². The minimum Gasteiger partial charge on any atom is -0.497 e. The van der Waals surface area contributed by atoms with E-state index in [4.69, 9.17) is 4.74 Å². The topological polar surface area (TPSA) is 68.3 Å². The zero-order chi connectivity index (χ0) is 20.6. The van der Waals surface area contributed by atoms with Crippen LogP contribution in [-0.4, -0.2) is 20.5 Å². The summed E-state index contributed by atoms with van der Waals surface area (Å²) in [5, 5.41) is 0.872. The van der Waals surface area contributed by atoms with Crippen LogP contribution in [0.2, 0.25) is 0 Å². The third kappa shape index (κ3) is 3.97. The van der Waals surface area contributed by atoms with Crippen molar-refractivity contribution in [2.45, 2.75) is 18.7 Å². The summed E-state index contributed by atoms with van der Waals surface area (Å²) in [5.41, 5.74) is 4.34. The first-order valence-electron chi connectivity index (χ1n) is 9.01. The molecule has 1 heterocycles. The Morgan fingerprint density at radius 2 is 1.69 bits per heavy atom. The van der Waals surface area contributed by atoms with E-state index in [-0.39, 0.29) is 4.90 Å². The fraction of sp³-hybridized carbons (Fsp3) is 0.136. The van der Waals surface area contributed by atoms with Gasteiger partial charge in [-0.3, -0.25) is 4.72 Å². The molecule has 4 rings (SSSR count). The Balaban J connectivity index is 1.58. The Labute approximate surface area is 174 Å². The van der Waals surface area contributed by atoms with Gasteiger partial charge in [0.15, 0.2) is 0 Å². The van der Waals surface area contributed by atoms with Crippen LogP contribution in [0.1, 0.15) is 11.1 Å². The van der Waals surface area contributed by atoms with Gasteiger partial charge in [-0.1, -0.05) is 6.07 Å². The number of aryl methyl sites for hydroxylation is 2. The van der Waals surface area contributed by atoms with Crippen LogP contribution in [0.25, 0.3) is 20.8 Å². The number of ether oxygens (including phenoxy) is 1. The molecular formula is C22H20N2O3S2. The van der Waals surface area contributed by atoms with Crippen LogP contribution in [0, 0.1) is 13.8 Å². The molecule has 4 aromatic rings. The monoisotopic (exact) mass is 424 g/mol. The van der Waals surface area contributed by atoms with Gasteiger partial charge in [-0.2, -0.15) is 0 Å². The van der Waals surface area contributed by atoms with Gasteiger partial charge in [-0.25, -0.2) is 13.4 Å². The lowest BCUT2D eigenvalue weighted by Gasteiger charge is -2.10. The molecule has 0 saturated carbocycles. The molecule has 0 aliphatic rings. The molecule has 0 saturated heterocycles. The van der Waals surface area contributed by atoms with Crippen molar-refractivity contribution in [2.75, 3.05) is 11.8 Å². The summed E-state index contributed by atoms with van der Waals surface area (Å²) in [6.07, 6.45) is 0. The van der Waals surface area contributed by atoms with Crippen molar-refractivity contribution in [2.24, 2.45) is 0 Å². The lowest BCUT2D eigenvalue weighted by Crippen LogP contribution is -2.13. The van der Waals surface area contributed by atoms with Gasteiger partial charge in [0.1, 0.15) is 10.8 Å². The van der Waals surface area contributed by atoms with Crippen molar-refractivity contribution >= 4 is 37.3 Å². The highest BCUT2D eigenvalue weighted by molar-refractivity contribution is 7.92. The summed E-state index contributed by atoms with van der Waals surface area (Å²) >= 11 is 1.57. The van der Waals surface area contributed by atoms with Gasteiger partial charge in [0.05, 0.1) is 22.2 Å². The Kier molecular flexibility index (Phi) is 5.02. The summed E-state index contributed by atoms with van der Waals surface area (Å²) in [6.45, 7) is 3.85. The first kappa shape index (κ1) is 19.4. The highest BCUT2D eigenvalue weighted by atomic mass is 32.2. The van der Waals surface area contributed by atoms with Crippen LogP contribution in [0.15, 0.2) is 65.6 Å². The van der Waals surface area contributed by atoms with Gasteiger partial charge >= 0.3 is 0 Å². The predicted octanol–water partition coefficient (Wildman–Crippen LogP) is 5.39. The van der Waals surface area contributed by atoms with Crippen LogP contribution in [0.4, 0.5) is 5.69 Å². The smallest absolute Gasteiger partial charge is 0.261 e. The zero-order valence-electron chi connectivity index (χ0n) is 16.3. The predicted molar refractivity (Wildman–Crippen MR) is 118 cm³/mol. The third-order valence-electron chi connectivity index (χ3n) is 4.77. The van der Waals surface area contributed by atoms with Crippen molar-refractivity contribution in [1.82, 2.24) is 4.98 Å². The Morgan fingerprint density at radius 1 is 0.931 bits per heavy atom. The number of rotatable bonds is 5.